The minimum atomic E-state index is 0.0492. The Hall–Kier alpha value is -4.38. The summed E-state index contributed by atoms with van der Waals surface area (Å²) in [5.41, 5.74) is 10.9. The largest absolute Gasteiger partial charge is 0.376 e. The van der Waals surface area contributed by atoms with Crippen LogP contribution in [0.1, 0.15) is 5.56 Å². The molecule has 1 aliphatic rings. The third-order valence-electron chi connectivity index (χ3n) is 7.44. The Labute approximate surface area is 196 Å². The monoisotopic (exact) mass is 434 g/mol. The van der Waals surface area contributed by atoms with Gasteiger partial charge in [-0.3, -0.25) is 0 Å². The van der Waals surface area contributed by atoms with Crippen LogP contribution in [0.2, 0.25) is 0 Å². The molecule has 0 aliphatic carbocycles. The van der Waals surface area contributed by atoms with Crippen LogP contribution in [0.5, 0.6) is 0 Å². The van der Waals surface area contributed by atoms with Gasteiger partial charge in [0.15, 0.2) is 0 Å². The Morgan fingerprint density at radius 1 is 0.676 bits per heavy atom. The topological polar surface area (TPSA) is 35.6 Å². The van der Waals surface area contributed by atoms with E-state index in [-0.39, 0.29) is 6.85 Å². The van der Waals surface area contributed by atoms with Crippen molar-refractivity contribution < 1.29 is 0 Å². The third-order valence-corrected chi connectivity index (χ3v) is 7.44. The van der Waals surface area contributed by atoms with Crippen LogP contribution in [0.4, 0.5) is 0 Å². The number of benzene rings is 4. The van der Waals surface area contributed by atoms with E-state index in [0.717, 1.165) is 11.0 Å². The molecule has 0 N–H and O–H groups in total. The van der Waals surface area contributed by atoms with Gasteiger partial charge >= 0.3 is 6.85 Å². The lowest BCUT2D eigenvalue weighted by molar-refractivity contribution is 1.14. The first kappa shape index (κ1) is 18.1. The predicted octanol–water partition coefficient (Wildman–Crippen LogP) is 4.96. The Bertz CT molecular complexity index is 1950. The van der Waals surface area contributed by atoms with Gasteiger partial charge in [-0.05, 0) is 35.5 Å². The second kappa shape index (κ2) is 6.36. The lowest BCUT2D eigenvalue weighted by atomic mass is 9.48. The Kier molecular flexibility index (Phi) is 3.38. The minimum absolute atomic E-state index is 0.0492. The summed E-state index contributed by atoms with van der Waals surface area (Å²) in [7, 11) is 0. The van der Waals surface area contributed by atoms with Gasteiger partial charge in [-0.15, -0.1) is 0 Å². The van der Waals surface area contributed by atoms with Gasteiger partial charge in [0.05, 0.1) is 22.7 Å². The second-order valence-electron chi connectivity index (χ2n) is 9.15. The van der Waals surface area contributed by atoms with Crippen molar-refractivity contribution in [1.29, 1.82) is 0 Å². The van der Waals surface area contributed by atoms with Gasteiger partial charge in [0.25, 0.3) is 0 Å². The highest BCUT2D eigenvalue weighted by Gasteiger charge is 2.36. The molecule has 0 fully saturated rings. The molecule has 7 aromatic rings. The molecule has 5 heteroatoms. The Morgan fingerprint density at radius 3 is 2.41 bits per heavy atom. The van der Waals surface area contributed by atoms with E-state index in [1.165, 1.54) is 54.9 Å². The summed E-state index contributed by atoms with van der Waals surface area (Å²) in [6.45, 7) is 2.27. The fraction of sp³-hybridized carbons (Fsp3) is 0.0345. The number of nitrogens with zero attached hydrogens (tertiary/aromatic N) is 4. The van der Waals surface area contributed by atoms with E-state index in [2.05, 4.69) is 111 Å². The molecule has 0 atom stereocenters. The summed E-state index contributed by atoms with van der Waals surface area (Å²) < 4.78 is 4.91. The molecule has 0 amide bonds. The predicted molar refractivity (Wildman–Crippen MR) is 141 cm³/mol. The van der Waals surface area contributed by atoms with Gasteiger partial charge in [0, 0.05) is 32.9 Å². The van der Waals surface area contributed by atoms with Gasteiger partial charge in [-0.25, -0.2) is 9.97 Å². The maximum Gasteiger partial charge on any atom is 0.332 e. The van der Waals surface area contributed by atoms with E-state index in [1.807, 2.05) is 6.20 Å². The molecule has 1 aliphatic heterocycles. The third kappa shape index (κ3) is 2.10. The van der Waals surface area contributed by atoms with Crippen LogP contribution in [0, 0.1) is 6.92 Å². The normalized spacial score (nSPS) is 12.8. The number of aromatic nitrogens is 4. The summed E-state index contributed by atoms with van der Waals surface area (Å²) in [4.78, 5) is 9.05. The molecule has 3 aromatic heterocycles. The zero-order valence-corrected chi connectivity index (χ0v) is 18.6. The lowest BCUT2D eigenvalue weighted by Crippen LogP contribution is -2.53. The highest BCUT2D eigenvalue weighted by Crippen LogP contribution is 2.35. The lowest BCUT2D eigenvalue weighted by Gasteiger charge is -2.28. The van der Waals surface area contributed by atoms with Crippen molar-refractivity contribution in [3.63, 3.8) is 0 Å². The maximum absolute atomic E-state index is 4.68. The fourth-order valence-corrected chi connectivity index (χ4v) is 6.15. The first-order valence-electron chi connectivity index (χ1n) is 11.6. The minimum Gasteiger partial charge on any atom is -0.376 e. The Balaban J connectivity index is 1.62. The molecule has 4 aromatic carbocycles. The smallest absolute Gasteiger partial charge is 0.332 e. The summed E-state index contributed by atoms with van der Waals surface area (Å²) >= 11 is 0. The number of aryl methyl sites for hydroxylation is 1. The van der Waals surface area contributed by atoms with Gasteiger partial charge < -0.3 is 9.05 Å². The van der Waals surface area contributed by atoms with Gasteiger partial charge in [0.2, 0.25) is 0 Å². The first-order valence-corrected chi connectivity index (χ1v) is 11.6. The fourth-order valence-electron chi connectivity index (χ4n) is 6.15. The molecule has 0 radical (unpaired) electrons. The highest BCUT2D eigenvalue weighted by molar-refractivity contribution is 6.88. The van der Waals surface area contributed by atoms with Crippen LogP contribution in [-0.4, -0.2) is 25.9 Å². The zero-order valence-electron chi connectivity index (χ0n) is 18.6. The van der Waals surface area contributed by atoms with Crippen LogP contribution < -0.4 is 10.9 Å². The van der Waals surface area contributed by atoms with Gasteiger partial charge in [-0.1, -0.05) is 72.8 Å². The van der Waals surface area contributed by atoms with Crippen molar-refractivity contribution in [3.05, 3.63) is 103 Å². The van der Waals surface area contributed by atoms with Crippen molar-refractivity contribution in [2.45, 2.75) is 6.92 Å². The van der Waals surface area contributed by atoms with Crippen molar-refractivity contribution in [2.24, 2.45) is 0 Å². The van der Waals surface area contributed by atoms with Crippen LogP contribution in [0.15, 0.2) is 97.5 Å². The van der Waals surface area contributed by atoms with E-state index < -0.39 is 0 Å². The van der Waals surface area contributed by atoms with Gasteiger partial charge in [-0.2, -0.15) is 0 Å². The molecular weight excluding hydrogens is 415 g/mol. The quantitative estimate of drug-likeness (QED) is 0.343. The average molecular weight is 434 g/mol. The van der Waals surface area contributed by atoms with Crippen molar-refractivity contribution in [1.82, 2.24) is 19.0 Å². The van der Waals surface area contributed by atoms with E-state index >= 15 is 0 Å². The van der Waals surface area contributed by atoms with Crippen LogP contribution in [0.3, 0.4) is 0 Å². The van der Waals surface area contributed by atoms with E-state index in [0.29, 0.717) is 0 Å². The molecule has 0 saturated heterocycles. The maximum atomic E-state index is 4.68. The highest BCUT2D eigenvalue weighted by atomic mass is 15.0. The molecule has 4 heterocycles. The SMILES string of the molecule is Cc1cccc2c3ccccc3n(B3c4ccccc4-n4c5cncnc5c5cccc3c54)c12. The molecule has 34 heavy (non-hydrogen) atoms. The number of para-hydroxylation sites is 4. The van der Waals surface area contributed by atoms with Crippen molar-refractivity contribution >= 4 is 61.5 Å². The Morgan fingerprint density at radius 2 is 1.44 bits per heavy atom. The molecule has 0 unspecified atom stereocenters. The molecule has 158 valence electrons. The summed E-state index contributed by atoms with van der Waals surface area (Å²) in [6.07, 6.45) is 3.59. The van der Waals surface area contributed by atoms with E-state index in [1.54, 1.807) is 6.33 Å². The summed E-state index contributed by atoms with van der Waals surface area (Å²) in [6, 6.07) is 30.9. The number of fused-ring (bicyclic) bond motifs is 8. The van der Waals surface area contributed by atoms with Gasteiger partial charge in [0.1, 0.15) is 6.33 Å². The van der Waals surface area contributed by atoms with E-state index in [4.69, 9.17) is 0 Å². The molecule has 0 bridgehead atoms. The van der Waals surface area contributed by atoms with Crippen molar-refractivity contribution in [3.8, 4) is 5.69 Å². The van der Waals surface area contributed by atoms with Crippen LogP contribution in [0.25, 0.3) is 49.4 Å². The van der Waals surface area contributed by atoms with E-state index in [9.17, 15) is 0 Å². The number of hydrogen-bond donors (Lipinski definition) is 0. The first-order chi connectivity index (χ1) is 16.8. The number of hydrogen-bond acceptors (Lipinski definition) is 2. The summed E-state index contributed by atoms with van der Waals surface area (Å²) in [5.74, 6) is 0. The zero-order chi connectivity index (χ0) is 22.4. The standard InChI is InChI=1S/C29H19BN4/c1-18-8-6-10-20-19-9-2-4-14-24(19)34(28(18)20)30-22-12-3-5-15-25(22)33-26-16-31-17-32-27(26)21-11-7-13-23(30)29(21)33/h2-17H,1H3. The summed E-state index contributed by atoms with van der Waals surface area (Å²) in [5, 5.41) is 3.77. The van der Waals surface area contributed by atoms with Crippen molar-refractivity contribution in [2.75, 3.05) is 0 Å². The van der Waals surface area contributed by atoms with Crippen LogP contribution >= 0.6 is 0 Å². The molecule has 0 saturated carbocycles. The molecule has 8 rings (SSSR count). The second-order valence-corrected chi connectivity index (χ2v) is 9.15. The number of rotatable bonds is 1. The molecule has 0 spiro atoms. The molecule has 4 nitrogen and oxygen atoms in total. The molecular formula is C29H19BN4. The average Bonchev–Trinajstić information content (AvgIpc) is 3.40. The van der Waals surface area contributed by atoms with Crippen LogP contribution in [-0.2, 0) is 0 Å².